The van der Waals surface area contributed by atoms with Crippen LogP contribution in [0.15, 0.2) is 168 Å². The molecule has 9 rings (SSSR count). The molecule has 0 saturated heterocycles. The lowest BCUT2D eigenvalue weighted by molar-refractivity contribution is 0.669. The van der Waals surface area contributed by atoms with Crippen LogP contribution in [0.2, 0.25) is 0 Å². The average Bonchev–Trinajstić information content (AvgIpc) is 3.46. The fourth-order valence-electron chi connectivity index (χ4n) is 6.93. The SMILES string of the molecule is C1=CC2=CC(c3cc(N(c4ccc5ccccc5c4)c4ccc5c(c4)oc4ccccc45)cc4ccccc34)=CCC2C=C1. The summed E-state index contributed by atoms with van der Waals surface area (Å²) >= 11 is 0. The van der Waals surface area contributed by atoms with Crippen LogP contribution >= 0.6 is 0 Å². The molecule has 2 aliphatic rings. The van der Waals surface area contributed by atoms with Crippen LogP contribution in [0.25, 0.3) is 49.1 Å². The highest BCUT2D eigenvalue weighted by Crippen LogP contribution is 2.43. The van der Waals surface area contributed by atoms with Crippen molar-refractivity contribution in [2.75, 3.05) is 4.90 Å². The van der Waals surface area contributed by atoms with Gasteiger partial charge in [-0.3, -0.25) is 0 Å². The van der Waals surface area contributed by atoms with E-state index in [1.165, 1.54) is 38.3 Å². The van der Waals surface area contributed by atoms with Crippen LogP contribution in [-0.4, -0.2) is 0 Å². The van der Waals surface area contributed by atoms with Crippen LogP contribution < -0.4 is 4.90 Å². The Labute approximate surface area is 256 Å². The fourth-order valence-corrected chi connectivity index (χ4v) is 6.93. The molecule has 7 aromatic rings. The van der Waals surface area contributed by atoms with Crippen molar-refractivity contribution >= 4 is 66.1 Å². The molecule has 6 aromatic carbocycles. The lowest BCUT2D eigenvalue weighted by Crippen LogP contribution is -2.11. The Bertz CT molecular complexity index is 2380. The highest BCUT2D eigenvalue weighted by molar-refractivity contribution is 6.07. The third kappa shape index (κ3) is 4.11. The van der Waals surface area contributed by atoms with E-state index in [1.807, 2.05) is 12.1 Å². The molecule has 0 spiro atoms. The summed E-state index contributed by atoms with van der Waals surface area (Å²) < 4.78 is 6.37. The molecule has 1 unspecified atom stereocenters. The largest absolute Gasteiger partial charge is 0.456 e. The zero-order chi connectivity index (χ0) is 29.0. The maximum atomic E-state index is 6.37. The molecule has 208 valence electrons. The van der Waals surface area contributed by atoms with E-state index in [2.05, 4.69) is 151 Å². The summed E-state index contributed by atoms with van der Waals surface area (Å²) in [7, 11) is 0. The molecule has 2 nitrogen and oxygen atoms in total. The number of furan rings is 1. The van der Waals surface area contributed by atoms with Gasteiger partial charge in [0.2, 0.25) is 0 Å². The quantitative estimate of drug-likeness (QED) is 0.212. The summed E-state index contributed by atoms with van der Waals surface area (Å²) in [5.74, 6) is 0.461. The van der Waals surface area contributed by atoms with Gasteiger partial charge in [-0.1, -0.05) is 109 Å². The van der Waals surface area contributed by atoms with Crippen molar-refractivity contribution in [3.8, 4) is 0 Å². The maximum absolute atomic E-state index is 6.37. The van der Waals surface area contributed by atoms with Crippen molar-refractivity contribution in [2.45, 2.75) is 6.42 Å². The van der Waals surface area contributed by atoms with E-state index in [4.69, 9.17) is 4.42 Å². The molecular formula is C42H29NO. The predicted molar refractivity (Wildman–Crippen MR) is 186 cm³/mol. The van der Waals surface area contributed by atoms with Gasteiger partial charge < -0.3 is 9.32 Å². The molecule has 0 N–H and O–H groups in total. The lowest BCUT2D eigenvalue weighted by Gasteiger charge is -2.28. The normalized spacial score (nSPS) is 16.0. The van der Waals surface area contributed by atoms with Gasteiger partial charge in [-0.25, -0.2) is 0 Å². The third-order valence-corrected chi connectivity index (χ3v) is 9.11. The number of fused-ring (bicyclic) bond motifs is 6. The smallest absolute Gasteiger partial charge is 0.137 e. The van der Waals surface area contributed by atoms with E-state index in [0.717, 1.165) is 45.4 Å². The van der Waals surface area contributed by atoms with E-state index >= 15 is 0 Å². The number of hydrogen-bond donors (Lipinski definition) is 0. The first-order valence-corrected chi connectivity index (χ1v) is 15.3. The minimum absolute atomic E-state index is 0.461. The lowest BCUT2D eigenvalue weighted by atomic mass is 9.83. The number of anilines is 3. The second-order valence-corrected chi connectivity index (χ2v) is 11.8. The Balaban J connectivity index is 1.28. The van der Waals surface area contributed by atoms with Gasteiger partial charge in [-0.2, -0.15) is 0 Å². The number of nitrogens with zero attached hydrogens (tertiary/aromatic N) is 1. The van der Waals surface area contributed by atoms with Gasteiger partial charge in [0.25, 0.3) is 0 Å². The van der Waals surface area contributed by atoms with Crippen molar-refractivity contribution in [1.29, 1.82) is 0 Å². The van der Waals surface area contributed by atoms with E-state index in [0.29, 0.717) is 5.92 Å². The van der Waals surface area contributed by atoms with E-state index in [-0.39, 0.29) is 0 Å². The summed E-state index contributed by atoms with van der Waals surface area (Å²) in [4.78, 5) is 2.37. The number of para-hydroxylation sites is 1. The maximum Gasteiger partial charge on any atom is 0.137 e. The highest BCUT2D eigenvalue weighted by Gasteiger charge is 2.21. The van der Waals surface area contributed by atoms with Crippen LogP contribution in [0.4, 0.5) is 17.1 Å². The monoisotopic (exact) mass is 563 g/mol. The molecule has 0 aliphatic heterocycles. The zero-order valence-electron chi connectivity index (χ0n) is 24.2. The van der Waals surface area contributed by atoms with Crippen LogP contribution in [0.1, 0.15) is 12.0 Å². The molecule has 1 aromatic heterocycles. The van der Waals surface area contributed by atoms with Gasteiger partial charge in [-0.05, 0) is 87.1 Å². The number of hydrogen-bond acceptors (Lipinski definition) is 2. The zero-order valence-corrected chi connectivity index (χ0v) is 24.2. The Kier molecular flexibility index (Phi) is 5.67. The number of allylic oxidation sites excluding steroid dienone is 8. The van der Waals surface area contributed by atoms with Gasteiger partial charge in [0.1, 0.15) is 11.2 Å². The number of benzene rings is 6. The molecule has 1 heterocycles. The Morgan fingerprint density at radius 3 is 2.23 bits per heavy atom. The van der Waals surface area contributed by atoms with Gasteiger partial charge >= 0.3 is 0 Å². The van der Waals surface area contributed by atoms with Crippen molar-refractivity contribution in [1.82, 2.24) is 0 Å². The van der Waals surface area contributed by atoms with E-state index in [1.54, 1.807) is 0 Å². The van der Waals surface area contributed by atoms with Gasteiger partial charge in [-0.15, -0.1) is 0 Å². The molecular weight excluding hydrogens is 534 g/mol. The van der Waals surface area contributed by atoms with E-state index < -0.39 is 0 Å². The molecule has 1 atom stereocenters. The van der Waals surface area contributed by atoms with Crippen LogP contribution in [0.3, 0.4) is 0 Å². The second-order valence-electron chi connectivity index (χ2n) is 11.8. The Morgan fingerprint density at radius 1 is 0.568 bits per heavy atom. The Hall–Kier alpha value is -5.60. The molecule has 0 fully saturated rings. The van der Waals surface area contributed by atoms with Gasteiger partial charge in [0.05, 0.1) is 0 Å². The molecule has 2 aliphatic carbocycles. The average molecular weight is 564 g/mol. The summed E-state index contributed by atoms with van der Waals surface area (Å²) in [5.41, 5.74) is 8.99. The first kappa shape index (κ1) is 24.9. The summed E-state index contributed by atoms with van der Waals surface area (Å²) in [6, 6.07) is 43.6. The van der Waals surface area contributed by atoms with Crippen molar-refractivity contribution < 1.29 is 4.42 Å². The van der Waals surface area contributed by atoms with E-state index in [9.17, 15) is 0 Å². The fraction of sp³-hybridized carbons (Fsp3) is 0.0476. The highest BCUT2D eigenvalue weighted by atomic mass is 16.3. The van der Waals surface area contributed by atoms with Gasteiger partial charge in [0, 0.05) is 39.8 Å². The molecule has 0 amide bonds. The predicted octanol–water partition coefficient (Wildman–Crippen LogP) is 11.8. The van der Waals surface area contributed by atoms with Crippen molar-refractivity contribution in [3.05, 3.63) is 169 Å². The molecule has 44 heavy (non-hydrogen) atoms. The Morgan fingerprint density at radius 2 is 1.30 bits per heavy atom. The molecule has 0 bridgehead atoms. The third-order valence-electron chi connectivity index (χ3n) is 9.11. The minimum Gasteiger partial charge on any atom is -0.456 e. The molecule has 0 saturated carbocycles. The second kappa shape index (κ2) is 10.00. The first-order chi connectivity index (χ1) is 21.8. The van der Waals surface area contributed by atoms with Crippen LogP contribution in [0.5, 0.6) is 0 Å². The van der Waals surface area contributed by atoms with Crippen LogP contribution in [0, 0.1) is 5.92 Å². The summed E-state index contributed by atoms with van der Waals surface area (Å²) in [6.45, 7) is 0. The topological polar surface area (TPSA) is 16.4 Å². The summed E-state index contributed by atoms with van der Waals surface area (Å²) in [5, 5.41) is 7.19. The van der Waals surface area contributed by atoms with Gasteiger partial charge in [0.15, 0.2) is 0 Å². The molecule has 0 radical (unpaired) electrons. The minimum atomic E-state index is 0.461. The van der Waals surface area contributed by atoms with Crippen molar-refractivity contribution in [3.63, 3.8) is 0 Å². The standard InChI is InChI=1S/C42H29NO/c1-3-11-30-23-33(18-17-28(30)9-1)40-26-36(25-32-13-5-6-14-37(32)40)43(34-20-19-29-10-2-4-12-31(29)24-34)35-21-22-39-38-15-7-8-16-41(38)44-42(39)27-35/h1-16,18-28H,17H2. The van der Waals surface area contributed by atoms with Crippen LogP contribution in [-0.2, 0) is 0 Å². The summed E-state index contributed by atoms with van der Waals surface area (Å²) in [6.07, 6.45) is 14.7. The first-order valence-electron chi connectivity index (χ1n) is 15.3. The number of rotatable bonds is 4. The van der Waals surface area contributed by atoms with Crippen molar-refractivity contribution in [2.24, 2.45) is 5.92 Å². The molecule has 2 heteroatoms.